The van der Waals surface area contributed by atoms with Crippen molar-refractivity contribution in [3.63, 3.8) is 0 Å². The van der Waals surface area contributed by atoms with Gasteiger partial charge in [-0.15, -0.1) is 0 Å². The zero-order valence-corrected chi connectivity index (χ0v) is 21.9. The van der Waals surface area contributed by atoms with Crippen LogP contribution in [0.2, 0.25) is 0 Å². The summed E-state index contributed by atoms with van der Waals surface area (Å²) in [4.78, 5) is 24.8. The van der Waals surface area contributed by atoms with E-state index in [4.69, 9.17) is 9.47 Å². The lowest BCUT2D eigenvalue weighted by molar-refractivity contribution is -0.114. The third kappa shape index (κ3) is 6.60. The van der Waals surface area contributed by atoms with Crippen LogP contribution in [0.1, 0.15) is 22.8 Å². The first-order valence-corrected chi connectivity index (χ1v) is 14.5. The molecule has 0 atom stereocenters. The van der Waals surface area contributed by atoms with Gasteiger partial charge < -0.3 is 14.8 Å². The zero-order valence-electron chi connectivity index (χ0n) is 20.3. The Morgan fingerprint density at radius 1 is 1.06 bits per heavy atom. The van der Waals surface area contributed by atoms with Crippen LogP contribution >= 0.6 is 0 Å². The molecule has 0 aromatic heterocycles. The number of nitrogens with zero attached hydrogens (tertiary/aromatic N) is 2. The Balaban J connectivity index is 1.79. The number of amides is 1. The van der Waals surface area contributed by atoms with Crippen molar-refractivity contribution in [1.29, 1.82) is 0 Å². The fourth-order valence-electron chi connectivity index (χ4n) is 3.54. The zero-order chi connectivity index (χ0) is 26.5. The van der Waals surface area contributed by atoms with E-state index >= 15 is 0 Å². The predicted octanol–water partition coefficient (Wildman–Crippen LogP) is 1.60. The fraction of sp³-hybridized carbons (Fsp3) is 0.391. The van der Waals surface area contributed by atoms with Gasteiger partial charge in [-0.05, 0) is 55.8 Å². The average molecular weight is 540 g/mol. The van der Waals surface area contributed by atoms with E-state index in [0.29, 0.717) is 24.5 Å². The molecule has 3 rings (SSSR count). The summed E-state index contributed by atoms with van der Waals surface area (Å²) in [6.07, 6.45) is 0.950. The number of carbonyl (C=O) groups excluding carboxylic acids is 2. The molecule has 1 amide bonds. The average Bonchev–Trinajstić information content (AvgIpc) is 2.84. The van der Waals surface area contributed by atoms with Gasteiger partial charge in [0.25, 0.3) is 0 Å². The first kappa shape index (κ1) is 27.6. The van der Waals surface area contributed by atoms with Crippen LogP contribution < -0.4 is 9.62 Å². The van der Waals surface area contributed by atoms with Gasteiger partial charge in [0.15, 0.2) is 0 Å². The highest BCUT2D eigenvalue weighted by Gasteiger charge is 2.27. The van der Waals surface area contributed by atoms with Crippen LogP contribution in [0.4, 0.5) is 11.4 Å². The summed E-state index contributed by atoms with van der Waals surface area (Å²) >= 11 is 0. The normalized spacial score (nSPS) is 14.8. The van der Waals surface area contributed by atoms with Gasteiger partial charge >= 0.3 is 5.97 Å². The summed E-state index contributed by atoms with van der Waals surface area (Å²) in [7, 11) is -7.65. The maximum Gasteiger partial charge on any atom is 0.338 e. The van der Waals surface area contributed by atoms with Gasteiger partial charge in [-0.3, -0.25) is 9.10 Å². The van der Waals surface area contributed by atoms with Crippen LogP contribution in [0, 0.1) is 6.92 Å². The van der Waals surface area contributed by atoms with Crippen molar-refractivity contribution < 1.29 is 35.9 Å². The van der Waals surface area contributed by atoms with Crippen LogP contribution in [0.3, 0.4) is 0 Å². The van der Waals surface area contributed by atoms with E-state index in [2.05, 4.69) is 5.32 Å². The lowest BCUT2D eigenvalue weighted by Gasteiger charge is -2.26. The summed E-state index contributed by atoms with van der Waals surface area (Å²) in [5, 5.41) is 2.63. The second-order valence-electron chi connectivity index (χ2n) is 8.08. The van der Waals surface area contributed by atoms with Crippen LogP contribution in [0.25, 0.3) is 0 Å². The third-order valence-corrected chi connectivity index (χ3v) is 8.50. The number of ether oxygens (including phenoxy) is 2. The Hall–Kier alpha value is -3.00. The Morgan fingerprint density at radius 2 is 1.69 bits per heavy atom. The van der Waals surface area contributed by atoms with Crippen molar-refractivity contribution in [3.8, 4) is 0 Å². The number of anilines is 2. The first-order chi connectivity index (χ1) is 16.9. The topological polar surface area (TPSA) is 139 Å². The van der Waals surface area contributed by atoms with E-state index < -0.39 is 38.5 Å². The molecule has 196 valence electrons. The van der Waals surface area contributed by atoms with E-state index in [0.717, 1.165) is 10.6 Å². The maximum atomic E-state index is 12.8. The molecule has 0 bridgehead atoms. The van der Waals surface area contributed by atoms with Crippen LogP contribution in [0.5, 0.6) is 0 Å². The van der Waals surface area contributed by atoms with Crippen molar-refractivity contribution >= 4 is 43.3 Å². The summed E-state index contributed by atoms with van der Waals surface area (Å²) in [5.41, 5.74) is 1.38. The molecule has 2 aromatic rings. The number of carbonyl (C=O) groups is 2. The first-order valence-electron chi connectivity index (χ1n) is 11.2. The molecule has 2 aromatic carbocycles. The molecule has 1 aliphatic heterocycles. The Morgan fingerprint density at radius 3 is 2.28 bits per heavy atom. The highest BCUT2D eigenvalue weighted by Crippen LogP contribution is 2.24. The van der Waals surface area contributed by atoms with Gasteiger partial charge in [0, 0.05) is 18.8 Å². The van der Waals surface area contributed by atoms with E-state index in [9.17, 15) is 26.4 Å². The maximum absolute atomic E-state index is 12.8. The SMILES string of the molecule is CCOC(=O)c1ccc(C)c(NC(=O)CN(c2ccc(S(=O)(=O)N3CCOCC3)cc2)S(C)(=O)=O)c1. The van der Waals surface area contributed by atoms with Crippen LogP contribution in [0.15, 0.2) is 47.4 Å². The van der Waals surface area contributed by atoms with Crippen molar-refractivity contribution in [2.24, 2.45) is 0 Å². The summed E-state index contributed by atoms with van der Waals surface area (Å²) < 4.78 is 63.0. The molecule has 1 saturated heterocycles. The number of aryl methyl sites for hydroxylation is 1. The van der Waals surface area contributed by atoms with Crippen molar-refractivity contribution in [2.45, 2.75) is 18.7 Å². The highest BCUT2D eigenvalue weighted by molar-refractivity contribution is 7.92. The number of esters is 1. The number of benzene rings is 2. The lowest BCUT2D eigenvalue weighted by atomic mass is 10.1. The molecule has 11 nitrogen and oxygen atoms in total. The molecular formula is C23H29N3O8S2. The van der Waals surface area contributed by atoms with Gasteiger partial charge in [-0.25, -0.2) is 21.6 Å². The quantitative estimate of drug-likeness (QED) is 0.474. The molecule has 1 heterocycles. The molecule has 1 fully saturated rings. The smallest absolute Gasteiger partial charge is 0.338 e. The minimum absolute atomic E-state index is 0.0115. The van der Waals surface area contributed by atoms with Gasteiger partial charge in [-0.1, -0.05) is 6.07 Å². The van der Waals surface area contributed by atoms with Crippen molar-refractivity contribution in [2.75, 3.05) is 55.3 Å². The Labute approximate surface area is 211 Å². The minimum atomic E-state index is -3.89. The summed E-state index contributed by atoms with van der Waals surface area (Å²) in [6.45, 7) is 4.12. The molecule has 0 saturated carbocycles. The van der Waals surface area contributed by atoms with E-state index in [1.807, 2.05) is 0 Å². The summed E-state index contributed by atoms with van der Waals surface area (Å²) in [5.74, 6) is -1.19. The minimum Gasteiger partial charge on any atom is -0.462 e. The molecule has 1 aliphatic rings. The number of hydrogen-bond acceptors (Lipinski definition) is 8. The monoisotopic (exact) mass is 539 g/mol. The van der Waals surface area contributed by atoms with Gasteiger partial charge in [-0.2, -0.15) is 4.31 Å². The Bertz CT molecular complexity index is 1320. The van der Waals surface area contributed by atoms with Gasteiger partial charge in [0.1, 0.15) is 6.54 Å². The molecule has 1 N–H and O–H groups in total. The fourth-order valence-corrected chi connectivity index (χ4v) is 5.80. The second kappa shape index (κ2) is 11.4. The summed E-state index contributed by atoms with van der Waals surface area (Å²) in [6, 6.07) is 9.97. The van der Waals surface area contributed by atoms with Gasteiger partial charge in [0.2, 0.25) is 26.0 Å². The predicted molar refractivity (Wildman–Crippen MR) is 134 cm³/mol. The van der Waals surface area contributed by atoms with E-state index in [1.165, 1.54) is 34.6 Å². The number of rotatable bonds is 9. The largest absolute Gasteiger partial charge is 0.462 e. The number of hydrogen-bond donors (Lipinski definition) is 1. The molecule has 36 heavy (non-hydrogen) atoms. The van der Waals surface area contributed by atoms with E-state index in [-0.39, 0.29) is 35.8 Å². The molecule has 0 aliphatic carbocycles. The number of sulfonamides is 2. The van der Waals surface area contributed by atoms with Gasteiger partial charge in [0.05, 0.1) is 42.2 Å². The lowest BCUT2D eigenvalue weighted by Crippen LogP contribution is -2.40. The Kier molecular flexibility index (Phi) is 8.71. The molecule has 13 heteroatoms. The van der Waals surface area contributed by atoms with Crippen molar-refractivity contribution in [1.82, 2.24) is 4.31 Å². The molecule has 0 radical (unpaired) electrons. The van der Waals surface area contributed by atoms with Crippen LogP contribution in [-0.2, 0) is 34.3 Å². The third-order valence-electron chi connectivity index (χ3n) is 5.44. The second-order valence-corrected chi connectivity index (χ2v) is 11.9. The van der Waals surface area contributed by atoms with E-state index in [1.54, 1.807) is 26.0 Å². The van der Waals surface area contributed by atoms with Crippen LogP contribution in [-0.4, -0.2) is 78.7 Å². The number of nitrogens with one attached hydrogen (secondary N) is 1. The number of morpholine rings is 1. The molecular weight excluding hydrogens is 510 g/mol. The standard InChI is InChI=1S/C23H29N3O8S2/c1-4-34-23(28)18-6-5-17(2)21(15-18)24-22(27)16-26(35(3,29)30)19-7-9-20(10-8-19)36(31,32)25-11-13-33-14-12-25/h5-10,15H,4,11-14,16H2,1-3H3,(H,24,27). The molecule has 0 spiro atoms. The highest BCUT2D eigenvalue weighted by atomic mass is 32.2. The molecule has 0 unspecified atom stereocenters. The van der Waals surface area contributed by atoms with Crippen molar-refractivity contribution in [3.05, 3.63) is 53.6 Å².